The summed E-state index contributed by atoms with van der Waals surface area (Å²) in [5.74, 6) is 0.192. The largest absolute Gasteiger partial charge is 0.465 e. The number of aromatic nitrogens is 1. The lowest BCUT2D eigenvalue weighted by atomic mass is 10.2. The second kappa shape index (κ2) is 8.82. The summed E-state index contributed by atoms with van der Waals surface area (Å²) >= 11 is 6.28. The van der Waals surface area contributed by atoms with Crippen LogP contribution in [0.1, 0.15) is 15.9 Å². The van der Waals surface area contributed by atoms with E-state index in [0.717, 1.165) is 11.3 Å². The molecule has 1 aromatic heterocycles. The van der Waals surface area contributed by atoms with Crippen molar-refractivity contribution in [3.8, 4) is 11.6 Å². The summed E-state index contributed by atoms with van der Waals surface area (Å²) in [6, 6.07) is 17.9. The third kappa shape index (κ3) is 5.05. The predicted molar refractivity (Wildman–Crippen MR) is 105 cm³/mol. The van der Waals surface area contributed by atoms with Crippen molar-refractivity contribution in [1.29, 1.82) is 0 Å². The highest BCUT2D eigenvalue weighted by molar-refractivity contribution is 6.32. The van der Waals surface area contributed by atoms with Gasteiger partial charge in [0.2, 0.25) is 5.88 Å². The summed E-state index contributed by atoms with van der Waals surface area (Å²) in [6.45, 7) is 0. The summed E-state index contributed by atoms with van der Waals surface area (Å²) in [5.41, 5.74) is 4.96. The first-order valence-electron chi connectivity index (χ1n) is 8.01. The van der Waals surface area contributed by atoms with Crippen LogP contribution in [0.3, 0.4) is 0 Å². The number of methoxy groups -OCH3 is 1. The van der Waals surface area contributed by atoms with E-state index in [1.54, 1.807) is 24.4 Å². The molecule has 3 aromatic rings. The normalized spacial score (nSPS) is 10.6. The summed E-state index contributed by atoms with van der Waals surface area (Å²) in [4.78, 5) is 15.7. The molecule has 0 bridgehead atoms. The van der Waals surface area contributed by atoms with Crippen LogP contribution in [-0.2, 0) is 4.74 Å². The number of carbonyl (C=O) groups excluding carboxylic acids is 1. The molecule has 0 aliphatic rings. The van der Waals surface area contributed by atoms with Gasteiger partial charge in [0.05, 0.1) is 29.6 Å². The Bertz CT molecular complexity index is 962. The summed E-state index contributed by atoms with van der Waals surface area (Å²) in [5, 5.41) is 4.56. The van der Waals surface area contributed by atoms with Crippen molar-refractivity contribution in [3.63, 3.8) is 0 Å². The number of hydrogen-bond donors (Lipinski definition) is 1. The molecule has 0 radical (unpaired) electrons. The molecule has 1 N–H and O–H groups in total. The molecule has 0 amide bonds. The Hall–Kier alpha value is -3.38. The van der Waals surface area contributed by atoms with Crippen LogP contribution in [0, 0.1) is 0 Å². The van der Waals surface area contributed by atoms with Crippen molar-refractivity contribution < 1.29 is 14.3 Å². The number of hydrazone groups is 1. The number of anilines is 1. The molecule has 27 heavy (non-hydrogen) atoms. The van der Waals surface area contributed by atoms with Crippen LogP contribution in [0.15, 0.2) is 72.0 Å². The Morgan fingerprint density at radius 2 is 1.96 bits per heavy atom. The molecule has 1 heterocycles. The summed E-state index contributed by atoms with van der Waals surface area (Å²) in [7, 11) is 1.31. The van der Waals surface area contributed by atoms with Gasteiger partial charge in [-0.2, -0.15) is 5.10 Å². The number of ether oxygens (including phenoxy) is 2. The topological polar surface area (TPSA) is 72.8 Å². The molecule has 3 rings (SSSR count). The van der Waals surface area contributed by atoms with Gasteiger partial charge in [0, 0.05) is 12.3 Å². The predicted octanol–water partition coefficient (Wildman–Crippen LogP) is 4.76. The number of nitrogens with one attached hydrogen (secondary N) is 1. The molecule has 0 atom stereocenters. The second-order valence-corrected chi connectivity index (χ2v) is 5.81. The molecule has 0 aliphatic heterocycles. The fourth-order valence-electron chi connectivity index (χ4n) is 2.20. The molecule has 0 aliphatic carbocycles. The monoisotopic (exact) mass is 381 g/mol. The zero-order valence-electron chi connectivity index (χ0n) is 14.4. The van der Waals surface area contributed by atoms with Crippen molar-refractivity contribution in [3.05, 3.63) is 83.0 Å². The van der Waals surface area contributed by atoms with E-state index in [0.29, 0.717) is 16.3 Å². The maximum Gasteiger partial charge on any atom is 0.338 e. The minimum atomic E-state index is -0.467. The molecule has 0 saturated carbocycles. The van der Waals surface area contributed by atoms with Crippen molar-refractivity contribution in [1.82, 2.24) is 4.98 Å². The van der Waals surface area contributed by atoms with Crippen LogP contribution >= 0.6 is 11.6 Å². The van der Waals surface area contributed by atoms with Gasteiger partial charge in [-0.1, -0.05) is 29.8 Å². The van der Waals surface area contributed by atoms with Gasteiger partial charge >= 0.3 is 5.97 Å². The zero-order chi connectivity index (χ0) is 19.1. The molecular weight excluding hydrogens is 366 g/mol. The van der Waals surface area contributed by atoms with E-state index in [1.807, 2.05) is 36.4 Å². The van der Waals surface area contributed by atoms with E-state index in [4.69, 9.17) is 16.3 Å². The molecule has 6 nitrogen and oxygen atoms in total. The maximum atomic E-state index is 11.6. The van der Waals surface area contributed by atoms with Crippen LogP contribution in [0.25, 0.3) is 0 Å². The van der Waals surface area contributed by atoms with Crippen molar-refractivity contribution in [2.75, 3.05) is 12.5 Å². The lowest BCUT2D eigenvalue weighted by Crippen LogP contribution is -2.01. The van der Waals surface area contributed by atoms with Gasteiger partial charge in [0.15, 0.2) is 0 Å². The van der Waals surface area contributed by atoms with Gasteiger partial charge in [0.25, 0.3) is 0 Å². The molecule has 0 spiro atoms. The first-order valence-corrected chi connectivity index (χ1v) is 8.39. The highest BCUT2D eigenvalue weighted by Gasteiger charge is 2.09. The molecule has 7 heteroatoms. The first kappa shape index (κ1) is 18.4. The van der Waals surface area contributed by atoms with Gasteiger partial charge in [-0.25, -0.2) is 9.78 Å². The molecule has 0 fully saturated rings. The molecular formula is C20H16ClN3O3. The van der Waals surface area contributed by atoms with Gasteiger partial charge < -0.3 is 9.47 Å². The number of rotatable bonds is 6. The van der Waals surface area contributed by atoms with E-state index in [1.165, 1.54) is 19.4 Å². The highest BCUT2D eigenvalue weighted by Crippen LogP contribution is 2.29. The molecule has 0 unspecified atom stereocenters. The third-order valence-electron chi connectivity index (χ3n) is 3.51. The van der Waals surface area contributed by atoms with Crippen molar-refractivity contribution in [2.45, 2.75) is 0 Å². The quantitative estimate of drug-likeness (QED) is 0.378. The van der Waals surface area contributed by atoms with Crippen molar-refractivity contribution in [2.24, 2.45) is 5.10 Å². The molecule has 136 valence electrons. The van der Waals surface area contributed by atoms with E-state index in [9.17, 15) is 4.79 Å². The smallest absolute Gasteiger partial charge is 0.338 e. The average molecular weight is 382 g/mol. The van der Waals surface area contributed by atoms with Gasteiger partial charge in [-0.15, -0.1) is 0 Å². The Morgan fingerprint density at radius 3 is 2.70 bits per heavy atom. The number of para-hydroxylation sites is 1. The number of benzene rings is 2. The number of hydrogen-bond acceptors (Lipinski definition) is 6. The van der Waals surface area contributed by atoms with Crippen LogP contribution in [0.4, 0.5) is 5.69 Å². The second-order valence-electron chi connectivity index (χ2n) is 5.40. The average Bonchev–Trinajstić information content (AvgIpc) is 2.70. The van der Waals surface area contributed by atoms with Gasteiger partial charge in [0.1, 0.15) is 5.75 Å². The standard InChI is InChI=1S/C20H16ClN3O3/c1-26-20(25)15-9-10-22-19(12-15)27-18-8-7-14(11-17(18)21)13-23-24-16-5-3-2-4-6-16/h2-13,24H,1H3. The van der Waals surface area contributed by atoms with Crippen LogP contribution in [0.5, 0.6) is 11.6 Å². The SMILES string of the molecule is COC(=O)c1ccnc(Oc2ccc(C=NNc3ccccc3)cc2Cl)c1. The maximum absolute atomic E-state index is 11.6. The van der Waals surface area contributed by atoms with Crippen molar-refractivity contribution >= 4 is 29.5 Å². The molecule has 2 aromatic carbocycles. The molecule has 0 saturated heterocycles. The van der Waals surface area contributed by atoms with E-state index in [2.05, 4.69) is 20.2 Å². The Kier molecular flexibility index (Phi) is 6.02. The highest BCUT2D eigenvalue weighted by atomic mass is 35.5. The Balaban J connectivity index is 1.69. The zero-order valence-corrected chi connectivity index (χ0v) is 15.2. The minimum Gasteiger partial charge on any atom is -0.465 e. The van der Waals surface area contributed by atoms with Gasteiger partial charge in [-0.3, -0.25) is 5.43 Å². The van der Waals surface area contributed by atoms with E-state index in [-0.39, 0.29) is 5.88 Å². The van der Waals surface area contributed by atoms with E-state index < -0.39 is 5.97 Å². The number of esters is 1. The number of pyridine rings is 1. The Labute approximate surface area is 161 Å². The minimum absolute atomic E-state index is 0.243. The van der Waals surface area contributed by atoms with E-state index >= 15 is 0 Å². The fourth-order valence-corrected chi connectivity index (χ4v) is 2.42. The first-order chi connectivity index (χ1) is 13.2. The Morgan fingerprint density at radius 1 is 1.15 bits per heavy atom. The lowest BCUT2D eigenvalue weighted by molar-refractivity contribution is 0.0600. The number of nitrogens with zero attached hydrogens (tertiary/aromatic N) is 2. The summed E-state index contributed by atoms with van der Waals surface area (Å²) in [6.07, 6.45) is 3.12. The summed E-state index contributed by atoms with van der Waals surface area (Å²) < 4.78 is 10.3. The van der Waals surface area contributed by atoms with Gasteiger partial charge in [-0.05, 0) is 42.0 Å². The third-order valence-corrected chi connectivity index (χ3v) is 3.80. The van der Waals surface area contributed by atoms with Crippen LogP contribution in [-0.4, -0.2) is 24.3 Å². The number of halogens is 1. The van der Waals surface area contributed by atoms with Crippen LogP contribution < -0.4 is 10.2 Å². The number of carbonyl (C=O) groups is 1. The fraction of sp³-hybridized carbons (Fsp3) is 0.0500. The van der Waals surface area contributed by atoms with Crippen LogP contribution in [0.2, 0.25) is 5.02 Å². The lowest BCUT2D eigenvalue weighted by Gasteiger charge is -2.08.